The topological polar surface area (TPSA) is 135 Å². The highest BCUT2D eigenvalue weighted by Crippen LogP contribution is 2.22. The van der Waals surface area contributed by atoms with E-state index >= 15 is 0 Å². The first-order chi connectivity index (χ1) is 26.4. The monoisotopic (exact) mass is 763 g/mol. The highest BCUT2D eigenvalue weighted by molar-refractivity contribution is 5.69. The fraction of sp³-hybridized carbons (Fsp3) is 0.756. The highest BCUT2D eigenvalue weighted by atomic mass is 16.7. The molecule has 9 heteroatoms. The van der Waals surface area contributed by atoms with Gasteiger partial charge in [-0.2, -0.15) is 0 Å². The number of ether oxygens (including phenoxy) is 4. The molecular weight excluding hydrogens is 684 g/mol. The molecular formula is C45H78O9. The Bertz CT molecular complexity index is 1010. The third-order valence-corrected chi connectivity index (χ3v) is 9.42. The summed E-state index contributed by atoms with van der Waals surface area (Å²) in [6, 6.07) is 0. The van der Waals surface area contributed by atoms with Crippen LogP contribution < -0.4 is 0 Å². The molecule has 54 heavy (non-hydrogen) atoms. The van der Waals surface area contributed by atoms with Crippen LogP contribution in [-0.2, 0) is 23.7 Å². The van der Waals surface area contributed by atoms with Gasteiger partial charge in [-0.3, -0.25) is 4.79 Å². The molecule has 4 N–H and O–H groups in total. The van der Waals surface area contributed by atoms with Gasteiger partial charge in [0.25, 0.3) is 0 Å². The van der Waals surface area contributed by atoms with Crippen LogP contribution in [0.2, 0.25) is 0 Å². The fourth-order valence-corrected chi connectivity index (χ4v) is 6.06. The van der Waals surface area contributed by atoms with Crippen molar-refractivity contribution in [2.24, 2.45) is 0 Å². The molecule has 9 nitrogen and oxygen atoms in total. The first-order valence-corrected chi connectivity index (χ1v) is 21.4. The zero-order valence-corrected chi connectivity index (χ0v) is 34.0. The normalized spacial score (nSPS) is 21.5. The van der Waals surface area contributed by atoms with Crippen molar-refractivity contribution in [1.82, 2.24) is 0 Å². The van der Waals surface area contributed by atoms with Crippen molar-refractivity contribution < 1.29 is 44.2 Å². The van der Waals surface area contributed by atoms with E-state index in [1.165, 1.54) is 64.2 Å². The first-order valence-electron chi connectivity index (χ1n) is 21.4. The largest absolute Gasteiger partial charge is 0.457 e. The lowest BCUT2D eigenvalue weighted by atomic mass is 9.99. The summed E-state index contributed by atoms with van der Waals surface area (Å²) in [5.41, 5.74) is 0. The molecule has 0 aromatic rings. The Balaban J connectivity index is 2.33. The van der Waals surface area contributed by atoms with Gasteiger partial charge in [-0.05, 0) is 77.0 Å². The van der Waals surface area contributed by atoms with Crippen molar-refractivity contribution in [2.45, 2.75) is 192 Å². The number of unbranched alkanes of at least 4 members (excludes halogenated alkanes) is 14. The Hall–Kier alpha value is -2.11. The van der Waals surface area contributed by atoms with Crippen molar-refractivity contribution in [1.29, 1.82) is 0 Å². The molecule has 0 aliphatic carbocycles. The van der Waals surface area contributed by atoms with Crippen molar-refractivity contribution in [3.05, 3.63) is 60.8 Å². The summed E-state index contributed by atoms with van der Waals surface area (Å²) < 4.78 is 22.7. The van der Waals surface area contributed by atoms with Crippen LogP contribution in [0.25, 0.3) is 0 Å². The number of esters is 1. The molecule has 0 spiro atoms. The van der Waals surface area contributed by atoms with Crippen LogP contribution in [0.5, 0.6) is 0 Å². The van der Waals surface area contributed by atoms with Gasteiger partial charge in [-0.25, -0.2) is 0 Å². The molecule has 6 unspecified atom stereocenters. The number of aliphatic hydroxyl groups excluding tert-OH is 4. The third kappa shape index (κ3) is 27.5. The fourth-order valence-electron chi connectivity index (χ4n) is 6.06. The summed E-state index contributed by atoms with van der Waals surface area (Å²) in [4.78, 5) is 12.7. The average molecular weight is 763 g/mol. The average Bonchev–Trinajstić information content (AvgIpc) is 3.17. The summed E-state index contributed by atoms with van der Waals surface area (Å²) in [7, 11) is 0. The van der Waals surface area contributed by atoms with Crippen LogP contribution in [-0.4, -0.2) is 89.6 Å². The van der Waals surface area contributed by atoms with Crippen LogP contribution in [0, 0.1) is 0 Å². The zero-order chi connectivity index (χ0) is 39.3. The minimum absolute atomic E-state index is 0.121. The molecule has 1 fully saturated rings. The van der Waals surface area contributed by atoms with Gasteiger partial charge in [0.1, 0.15) is 30.5 Å². The molecule has 1 heterocycles. The van der Waals surface area contributed by atoms with Gasteiger partial charge in [0.2, 0.25) is 0 Å². The molecule has 312 valence electrons. The number of allylic oxidation sites excluding steroid dienone is 10. The van der Waals surface area contributed by atoms with E-state index in [0.717, 1.165) is 64.2 Å². The molecule has 0 bridgehead atoms. The van der Waals surface area contributed by atoms with Crippen LogP contribution in [0.1, 0.15) is 155 Å². The van der Waals surface area contributed by atoms with E-state index in [2.05, 4.69) is 74.6 Å². The number of hydrogen-bond acceptors (Lipinski definition) is 9. The van der Waals surface area contributed by atoms with E-state index in [-0.39, 0.29) is 25.6 Å². The standard InChI is InChI=1S/C45H78O9/c1-3-5-7-9-11-13-15-17-19-21-23-25-27-29-31-33-35-51-37-39(38-52-45-44(50)43(49)42(48)40(36-46)54-45)53-41(47)34-32-30-28-26-24-22-20-18-16-14-12-10-8-6-4-2/h6,8,12,14,17-20,24,26,39-40,42-46,48-50H,3-5,7,9-11,13,15-16,21-23,25,27-38H2,1-2H3/b8-6-,14-12-,19-17-,20-18-,26-24-. The smallest absolute Gasteiger partial charge is 0.306 e. The minimum Gasteiger partial charge on any atom is -0.457 e. The summed E-state index contributed by atoms with van der Waals surface area (Å²) in [5.74, 6) is -0.358. The predicted molar refractivity (Wildman–Crippen MR) is 219 cm³/mol. The molecule has 6 atom stereocenters. The molecule has 0 saturated carbocycles. The molecule has 1 saturated heterocycles. The van der Waals surface area contributed by atoms with Gasteiger partial charge >= 0.3 is 5.97 Å². The molecule has 1 aliphatic heterocycles. The second-order valence-corrected chi connectivity index (χ2v) is 14.4. The summed E-state index contributed by atoms with van der Waals surface area (Å²) in [5, 5.41) is 40.0. The molecule has 0 aromatic heterocycles. The Morgan fingerprint density at radius 2 is 1.13 bits per heavy atom. The molecule has 1 aliphatic rings. The quantitative estimate of drug-likeness (QED) is 0.0283. The van der Waals surface area contributed by atoms with Crippen molar-refractivity contribution in [3.8, 4) is 0 Å². The van der Waals surface area contributed by atoms with Gasteiger partial charge in [0.05, 0.1) is 19.8 Å². The summed E-state index contributed by atoms with van der Waals surface area (Å²) in [6.07, 6.45) is 38.2. The number of aliphatic hydroxyl groups is 4. The number of rotatable bonds is 35. The Labute approximate surface area is 328 Å². The molecule has 0 radical (unpaired) electrons. The zero-order valence-electron chi connectivity index (χ0n) is 34.0. The van der Waals surface area contributed by atoms with Crippen LogP contribution in [0.15, 0.2) is 60.8 Å². The van der Waals surface area contributed by atoms with Crippen molar-refractivity contribution in [2.75, 3.05) is 26.4 Å². The minimum atomic E-state index is -1.55. The number of carbonyl (C=O) groups is 1. The second kappa shape index (κ2) is 36.5. The van der Waals surface area contributed by atoms with E-state index in [9.17, 15) is 25.2 Å². The Kier molecular flexibility index (Phi) is 33.8. The molecule has 0 amide bonds. The SMILES string of the molecule is CC/C=C\C/C=C\C/C=C\C/C=C\CCCCC(=O)OC(COCCCCCCCC/C=C\CCCCCCCC)COC1OC(CO)C(O)C(O)C1O. The summed E-state index contributed by atoms with van der Waals surface area (Å²) >= 11 is 0. The van der Waals surface area contributed by atoms with Gasteiger partial charge in [-0.15, -0.1) is 0 Å². The van der Waals surface area contributed by atoms with Crippen LogP contribution >= 0.6 is 0 Å². The molecule has 1 rings (SSSR count). The van der Waals surface area contributed by atoms with Crippen molar-refractivity contribution >= 4 is 5.97 Å². The van der Waals surface area contributed by atoms with E-state index in [0.29, 0.717) is 13.0 Å². The van der Waals surface area contributed by atoms with E-state index < -0.39 is 43.4 Å². The van der Waals surface area contributed by atoms with Gasteiger partial charge in [0.15, 0.2) is 6.29 Å². The van der Waals surface area contributed by atoms with E-state index in [4.69, 9.17) is 18.9 Å². The lowest BCUT2D eigenvalue weighted by molar-refractivity contribution is -0.305. The Morgan fingerprint density at radius 3 is 1.72 bits per heavy atom. The first kappa shape index (κ1) is 49.9. The number of hydrogen-bond donors (Lipinski definition) is 4. The molecule has 0 aromatic carbocycles. The lowest BCUT2D eigenvalue weighted by Gasteiger charge is -2.39. The Morgan fingerprint density at radius 1 is 0.611 bits per heavy atom. The summed E-state index contributed by atoms with van der Waals surface area (Å²) in [6.45, 7) is 4.36. The van der Waals surface area contributed by atoms with E-state index in [1.807, 2.05) is 0 Å². The maximum absolute atomic E-state index is 12.7. The lowest BCUT2D eigenvalue weighted by Crippen LogP contribution is -2.59. The van der Waals surface area contributed by atoms with Gasteiger partial charge in [-0.1, -0.05) is 132 Å². The van der Waals surface area contributed by atoms with Crippen LogP contribution in [0.3, 0.4) is 0 Å². The van der Waals surface area contributed by atoms with Crippen LogP contribution in [0.4, 0.5) is 0 Å². The maximum Gasteiger partial charge on any atom is 0.306 e. The maximum atomic E-state index is 12.7. The predicted octanol–water partition coefficient (Wildman–Crippen LogP) is 9.13. The van der Waals surface area contributed by atoms with E-state index in [1.54, 1.807) is 0 Å². The second-order valence-electron chi connectivity index (χ2n) is 14.4. The van der Waals surface area contributed by atoms with Gasteiger partial charge < -0.3 is 39.4 Å². The number of carbonyl (C=O) groups excluding carboxylic acids is 1. The highest BCUT2D eigenvalue weighted by Gasteiger charge is 2.44. The van der Waals surface area contributed by atoms with Gasteiger partial charge in [0, 0.05) is 13.0 Å². The van der Waals surface area contributed by atoms with Crippen molar-refractivity contribution in [3.63, 3.8) is 0 Å². The third-order valence-electron chi connectivity index (χ3n) is 9.42.